The van der Waals surface area contributed by atoms with E-state index in [0.29, 0.717) is 31.3 Å². The molecular weight excluding hydrogens is 300 g/mol. The Kier molecular flexibility index (Phi) is 4.03. The van der Waals surface area contributed by atoms with Gasteiger partial charge < -0.3 is 5.32 Å². The molecule has 0 spiro atoms. The van der Waals surface area contributed by atoms with Gasteiger partial charge in [0.1, 0.15) is 10.7 Å². The van der Waals surface area contributed by atoms with Crippen LogP contribution < -0.4 is 5.32 Å². The van der Waals surface area contributed by atoms with Crippen LogP contribution in [0.4, 0.5) is 17.6 Å². The van der Waals surface area contributed by atoms with Gasteiger partial charge in [0.15, 0.2) is 0 Å². The molecule has 0 unspecified atom stereocenters. The van der Waals surface area contributed by atoms with E-state index in [-0.39, 0.29) is 13.1 Å². The predicted molar refractivity (Wildman–Crippen MR) is 63.0 cm³/mol. The fourth-order valence-corrected chi connectivity index (χ4v) is 3.43. The second-order valence-corrected chi connectivity index (χ2v) is 6.20. The van der Waals surface area contributed by atoms with E-state index in [9.17, 15) is 26.0 Å². The van der Waals surface area contributed by atoms with Gasteiger partial charge in [0.05, 0.1) is 5.56 Å². The van der Waals surface area contributed by atoms with Gasteiger partial charge in [0, 0.05) is 26.2 Å². The molecule has 2 rings (SSSR count). The van der Waals surface area contributed by atoms with Crippen LogP contribution >= 0.6 is 0 Å². The summed E-state index contributed by atoms with van der Waals surface area (Å²) in [6, 6.07) is 1.39. The third kappa shape index (κ3) is 2.94. The molecule has 0 radical (unpaired) electrons. The lowest BCUT2D eigenvalue weighted by Gasteiger charge is -2.27. The van der Waals surface area contributed by atoms with Gasteiger partial charge in [-0.05, 0) is 18.2 Å². The quantitative estimate of drug-likeness (QED) is 0.841. The van der Waals surface area contributed by atoms with Crippen molar-refractivity contribution in [1.29, 1.82) is 0 Å². The molecule has 1 saturated heterocycles. The molecule has 0 amide bonds. The van der Waals surface area contributed by atoms with E-state index in [1.165, 1.54) is 0 Å². The van der Waals surface area contributed by atoms with Crippen molar-refractivity contribution in [3.05, 3.63) is 29.6 Å². The van der Waals surface area contributed by atoms with Crippen LogP contribution in [0.3, 0.4) is 0 Å². The molecule has 112 valence electrons. The van der Waals surface area contributed by atoms with Gasteiger partial charge in [0.25, 0.3) is 0 Å². The second-order valence-electron chi connectivity index (χ2n) is 4.30. The number of benzene rings is 1. The highest BCUT2D eigenvalue weighted by molar-refractivity contribution is 7.89. The molecule has 0 aliphatic carbocycles. The zero-order chi connectivity index (χ0) is 15.0. The number of halogens is 4. The third-order valence-corrected chi connectivity index (χ3v) is 4.87. The summed E-state index contributed by atoms with van der Waals surface area (Å²) in [7, 11) is -4.26. The molecule has 1 heterocycles. The molecule has 0 aromatic heterocycles. The molecule has 0 saturated carbocycles. The van der Waals surface area contributed by atoms with Gasteiger partial charge in [-0.1, -0.05) is 0 Å². The van der Waals surface area contributed by atoms with Crippen LogP contribution in [-0.4, -0.2) is 38.9 Å². The first-order valence-corrected chi connectivity index (χ1v) is 7.24. The van der Waals surface area contributed by atoms with Crippen molar-refractivity contribution in [3.63, 3.8) is 0 Å². The van der Waals surface area contributed by atoms with Gasteiger partial charge in [-0.2, -0.15) is 17.5 Å². The van der Waals surface area contributed by atoms with E-state index in [2.05, 4.69) is 5.32 Å². The summed E-state index contributed by atoms with van der Waals surface area (Å²) in [5, 5.41) is 2.91. The molecule has 1 aromatic carbocycles. The summed E-state index contributed by atoms with van der Waals surface area (Å²) >= 11 is 0. The minimum atomic E-state index is -4.72. The molecule has 1 aromatic rings. The Balaban J connectivity index is 2.45. The van der Waals surface area contributed by atoms with Crippen molar-refractivity contribution in [1.82, 2.24) is 9.62 Å². The number of hydrogen-bond donors (Lipinski definition) is 1. The van der Waals surface area contributed by atoms with Gasteiger partial charge in [-0.3, -0.25) is 0 Å². The molecule has 0 bridgehead atoms. The Morgan fingerprint density at radius 3 is 2.30 bits per heavy atom. The SMILES string of the molecule is O=S(=O)(c1cc(C(F)(F)F)ccc1F)N1CCNCC1. The number of sulfonamides is 1. The van der Waals surface area contributed by atoms with E-state index in [0.717, 1.165) is 4.31 Å². The fraction of sp³-hybridized carbons (Fsp3) is 0.455. The van der Waals surface area contributed by atoms with Crippen molar-refractivity contribution in [2.24, 2.45) is 0 Å². The van der Waals surface area contributed by atoms with Crippen LogP contribution in [0.15, 0.2) is 23.1 Å². The maximum atomic E-state index is 13.6. The van der Waals surface area contributed by atoms with E-state index >= 15 is 0 Å². The van der Waals surface area contributed by atoms with E-state index in [1.54, 1.807) is 0 Å². The first-order valence-electron chi connectivity index (χ1n) is 5.80. The molecule has 9 heteroatoms. The highest BCUT2D eigenvalue weighted by atomic mass is 32.2. The minimum Gasteiger partial charge on any atom is -0.314 e. The van der Waals surface area contributed by atoms with Crippen LogP contribution in [-0.2, 0) is 16.2 Å². The Morgan fingerprint density at radius 1 is 1.15 bits per heavy atom. The van der Waals surface area contributed by atoms with Crippen molar-refractivity contribution < 1.29 is 26.0 Å². The monoisotopic (exact) mass is 312 g/mol. The summed E-state index contributed by atoms with van der Waals surface area (Å²) in [4.78, 5) is -0.936. The standard InChI is InChI=1S/C11H12F4N2O2S/c12-9-2-1-8(11(13,14)15)7-10(9)20(18,19)17-5-3-16-4-6-17/h1-2,7,16H,3-6H2. The number of rotatable bonds is 2. The average molecular weight is 312 g/mol. The zero-order valence-electron chi connectivity index (χ0n) is 10.2. The van der Waals surface area contributed by atoms with Crippen LogP contribution in [0.1, 0.15) is 5.56 Å². The minimum absolute atomic E-state index is 0.0953. The highest BCUT2D eigenvalue weighted by Crippen LogP contribution is 2.32. The third-order valence-electron chi connectivity index (χ3n) is 2.95. The lowest BCUT2D eigenvalue weighted by molar-refractivity contribution is -0.137. The normalized spacial score (nSPS) is 18.2. The van der Waals surface area contributed by atoms with Gasteiger partial charge in [-0.25, -0.2) is 12.8 Å². The average Bonchev–Trinajstić information content (AvgIpc) is 2.38. The summed E-state index contributed by atoms with van der Waals surface area (Å²) < 4.78 is 76.7. The summed E-state index contributed by atoms with van der Waals surface area (Å²) in [6.07, 6.45) is -4.72. The molecular formula is C11H12F4N2O2S. The molecule has 1 aliphatic rings. The highest BCUT2D eigenvalue weighted by Gasteiger charge is 2.35. The first kappa shape index (κ1) is 15.2. The Labute approximate surface area is 113 Å². The number of nitrogens with zero attached hydrogens (tertiary/aromatic N) is 1. The molecule has 1 fully saturated rings. The summed E-state index contributed by atoms with van der Waals surface area (Å²) in [5.74, 6) is -1.18. The molecule has 20 heavy (non-hydrogen) atoms. The van der Waals surface area contributed by atoms with Gasteiger partial charge in [-0.15, -0.1) is 0 Å². The fourth-order valence-electron chi connectivity index (χ4n) is 1.90. The molecule has 1 N–H and O–H groups in total. The number of alkyl halides is 3. The molecule has 1 aliphatic heterocycles. The van der Waals surface area contributed by atoms with Gasteiger partial charge >= 0.3 is 6.18 Å². The van der Waals surface area contributed by atoms with Crippen LogP contribution in [0.5, 0.6) is 0 Å². The van der Waals surface area contributed by atoms with Crippen LogP contribution in [0.2, 0.25) is 0 Å². The zero-order valence-corrected chi connectivity index (χ0v) is 11.1. The van der Waals surface area contributed by atoms with Crippen molar-refractivity contribution in [2.75, 3.05) is 26.2 Å². The predicted octanol–water partition coefficient (Wildman–Crippen LogP) is 1.44. The van der Waals surface area contributed by atoms with Crippen LogP contribution in [0, 0.1) is 5.82 Å². The van der Waals surface area contributed by atoms with E-state index in [1.807, 2.05) is 0 Å². The maximum Gasteiger partial charge on any atom is 0.416 e. The van der Waals surface area contributed by atoms with Crippen LogP contribution in [0.25, 0.3) is 0 Å². The summed E-state index contributed by atoms with van der Waals surface area (Å²) in [5.41, 5.74) is -1.19. The van der Waals surface area contributed by atoms with Crippen molar-refractivity contribution >= 4 is 10.0 Å². The van der Waals surface area contributed by atoms with Crippen molar-refractivity contribution in [2.45, 2.75) is 11.1 Å². The smallest absolute Gasteiger partial charge is 0.314 e. The number of nitrogens with one attached hydrogen (secondary N) is 1. The Bertz CT molecular complexity index is 595. The molecule has 0 atom stereocenters. The maximum absolute atomic E-state index is 13.6. The van der Waals surface area contributed by atoms with Gasteiger partial charge in [0.2, 0.25) is 10.0 Å². The number of piperazine rings is 1. The summed E-state index contributed by atoms with van der Waals surface area (Å²) in [6.45, 7) is 0.940. The lowest BCUT2D eigenvalue weighted by atomic mass is 10.2. The second kappa shape index (κ2) is 5.30. The lowest BCUT2D eigenvalue weighted by Crippen LogP contribution is -2.46. The van der Waals surface area contributed by atoms with E-state index < -0.39 is 32.5 Å². The topological polar surface area (TPSA) is 49.4 Å². The molecule has 4 nitrogen and oxygen atoms in total. The Morgan fingerprint density at radius 2 is 1.75 bits per heavy atom. The number of hydrogen-bond acceptors (Lipinski definition) is 3. The first-order chi connectivity index (χ1) is 9.23. The Hall–Kier alpha value is -1.19. The van der Waals surface area contributed by atoms with Crippen molar-refractivity contribution in [3.8, 4) is 0 Å². The van der Waals surface area contributed by atoms with E-state index in [4.69, 9.17) is 0 Å². The largest absolute Gasteiger partial charge is 0.416 e.